The van der Waals surface area contributed by atoms with Crippen LogP contribution < -0.4 is 5.32 Å². The molecular weight excluding hydrogens is 222 g/mol. The zero-order chi connectivity index (χ0) is 12.8. The van der Waals surface area contributed by atoms with Crippen LogP contribution in [-0.2, 0) is 0 Å². The minimum Gasteiger partial charge on any atom is -0.312 e. The molecule has 1 aliphatic heterocycles. The number of hydrogen-bond acceptors (Lipinski definition) is 3. The lowest BCUT2D eigenvalue weighted by atomic mass is 9.95. The summed E-state index contributed by atoms with van der Waals surface area (Å²) in [7, 11) is 0. The van der Waals surface area contributed by atoms with E-state index in [0.29, 0.717) is 6.04 Å². The summed E-state index contributed by atoms with van der Waals surface area (Å²) in [6, 6.07) is 2.97. The van der Waals surface area contributed by atoms with Crippen LogP contribution in [0.4, 0.5) is 0 Å². The van der Waals surface area contributed by atoms with Crippen LogP contribution in [0.25, 0.3) is 0 Å². The second-order valence-electron chi connectivity index (χ2n) is 5.94. The van der Waals surface area contributed by atoms with E-state index in [2.05, 4.69) is 23.2 Å². The third-order valence-corrected chi connectivity index (χ3v) is 4.67. The fraction of sp³-hybridized carbons (Fsp3) is 0.933. The van der Waals surface area contributed by atoms with Gasteiger partial charge < -0.3 is 10.2 Å². The summed E-state index contributed by atoms with van der Waals surface area (Å²) in [6.45, 7) is 7.04. The highest BCUT2D eigenvalue weighted by molar-refractivity contribution is 4.94. The molecule has 1 saturated carbocycles. The molecule has 2 aliphatic rings. The quantitative estimate of drug-likeness (QED) is 0.778. The van der Waals surface area contributed by atoms with E-state index in [-0.39, 0.29) is 5.92 Å². The van der Waals surface area contributed by atoms with Gasteiger partial charge in [-0.1, -0.05) is 26.2 Å². The Balaban J connectivity index is 1.76. The standard InChI is InChI=1S/C15H27N3/c1-2-18-9-8-13(12-18)11-17-15-7-5-3-4-6-14(15)10-16/h13-15,17H,2-9,11-12H2,1H3. The zero-order valence-electron chi connectivity index (χ0n) is 11.7. The number of nitriles is 1. The van der Waals surface area contributed by atoms with E-state index in [4.69, 9.17) is 0 Å². The third-order valence-electron chi connectivity index (χ3n) is 4.67. The Morgan fingerprint density at radius 2 is 2.06 bits per heavy atom. The summed E-state index contributed by atoms with van der Waals surface area (Å²) in [5.41, 5.74) is 0. The number of likely N-dealkylation sites (tertiary alicyclic amines) is 1. The van der Waals surface area contributed by atoms with Gasteiger partial charge in [-0.25, -0.2) is 0 Å². The van der Waals surface area contributed by atoms with E-state index < -0.39 is 0 Å². The van der Waals surface area contributed by atoms with Gasteiger partial charge in [0.05, 0.1) is 12.0 Å². The van der Waals surface area contributed by atoms with Gasteiger partial charge in [0.2, 0.25) is 0 Å². The molecule has 3 unspecified atom stereocenters. The van der Waals surface area contributed by atoms with Crippen LogP contribution in [0.1, 0.15) is 45.4 Å². The summed E-state index contributed by atoms with van der Waals surface area (Å²) in [5.74, 6) is 1.05. The molecule has 2 fully saturated rings. The van der Waals surface area contributed by atoms with Crippen molar-refractivity contribution in [3.63, 3.8) is 0 Å². The minimum absolute atomic E-state index is 0.246. The third kappa shape index (κ3) is 3.70. The van der Waals surface area contributed by atoms with Gasteiger partial charge in [0.1, 0.15) is 0 Å². The van der Waals surface area contributed by atoms with E-state index in [1.807, 2.05) is 0 Å². The first-order chi connectivity index (χ1) is 8.83. The first-order valence-corrected chi connectivity index (χ1v) is 7.68. The first-order valence-electron chi connectivity index (χ1n) is 7.68. The molecular formula is C15H27N3. The Morgan fingerprint density at radius 3 is 2.78 bits per heavy atom. The molecule has 1 aliphatic carbocycles. The molecule has 3 heteroatoms. The molecule has 0 spiro atoms. The average molecular weight is 249 g/mol. The molecule has 3 nitrogen and oxygen atoms in total. The Labute approximate surface area is 112 Å². The van der Waals surface area contributed by atoms with Gasteiger partial charge in [0.25, 0.3) is 0 Å². The molecule has 102 valence electrons. The summed E-state index contributed by atoms with van der Waals surface area (Å²) in [5, 5.41) is 13.0. The van der Waals surface area contributed by atoms with E-state index in [1.165, 1.54) is 51.7 Å². The molecule has 0 amide bonds. The molecule has 2 rings (SSSR count). The van der Waals surface area contributed by atoms with Crippen LogP contribution in [0.2, 0.25) is 0 Å². The lowest BCUT2D eigenvalue weighted by molar-refractivity contribution is 0.323. The molecule has 1 heterocycles. The van der Waals surface area contributed by atoms with Crippen LogP contribution >= 0.6 is 0 Å². The van der Waals surface area contributed by atoms with Gasteiger partial charge >= 0.3 is 0 Å². The van der Waals surface area contributed by atoms with E-state index in [0.717, 1.165) is 18.9 Å². The average Bonchev–Trinajstić information content (AvgIpc) is 2.74. The topological polar surface area (TPSA) is 39.1 Å². The molecule has 1 N–H and O–H groups in total. The van der Waals surface area contributed by atoms with Crippen molar-refractivity contribution >= 4 is 0 Å². The van der Waals surface area contributed by atoms with Gasteiger partial charge in [-0.15, -0.1) is 0 Å². The van der Waals surface area contributed by atoms with Crippen LogP contribution in [0.3, 0.4) is 0 Å². The first kappa shape index (κ1) is 13.8. The van der Waals surface area contributed by atoms with Crippen molar-refractivity contribution in [1.82, 2.24) is 10.2 Å². The van der Waals surface area contributed by atoms with Crippen molar-refractivity contribution in [2.24, 2.45) is 11.8 Å². The van der Waals surface area contributed by atoms with Gasteiger partial charge in [0.15, 0.2) is 0 Å². The Morgan fingerprint density at radius 1 is 1.22 bits per heavy atom. The highest BCUT2D eigenvalue weighted by Gasteiger charge is 2.26. The van der Waals surface area contributed by atoms with Crippen molar-refractivity contribution in [2.45, 2.75) is 51.5 Å². The van der Waals surface area contributed by atoms with Gasteiger partial charge in [-0.2, -0.15) is 5.26 Å². The van der Waals surface area contributed by atoms with E-state index in [9.17, 15) is 5.26 Å². The monoisotopic (exact) mass is 249 g/mol. The lowest BCUT2D eigenvalue weighted by Crippen LogP contribution is -2.38. The maximum absolute atomic E-state index is 9.26. The molecule has 18 heavy (non-hydrogen) atoms. The zero-order valence-corrected chi connectivity index (χ0v) is 11.7. The SMILES string of the molecule is CCN1CCC(CNC2CCCCCC2C#N)C1. The van der Waals surface area contributed by atoms with Gasteiger partial charge in [-0.05, 0) is 44.8 Å². The molecule has 0 radical (unpaired) electrons. The van der Waals surface area contributed by atoms with E-state index in [1.54, 1.807) is 0 Å². The summed E-state index contributed by atoms with van der Waals surface area (Å²) < 4.78 is 0. The molecule has 0 aromatic carbocycles. The highest BCUT2D eigenvalue weighted by Crippen LogP contribution is 2.23. The molecule has 1 saturated heterocycles. The van der Waals surface area contributed by atoms with Gasteiger partial charge in [0, 0.05) is 12.6 Å². The van der Waals surface area contributed by atoms with E-state index >= 15 is 0 Å². The number of hydrogen-bond donors (Lipinski definition) is 1. The fourth-order valence-corrected chi connectivity index (χ4v) is 3.39. The molecule has 0 aromatic rings. The highest BCUT2D eigenvalue weighted by atomic mass is 15.1. The normalized spacial score (nSPS) is 34.1. The molecule has 0 bridgehead atoms. The predicted octanol–water partition coefficient (Wildman–Crippen LogP) is 2.39. The van der Waals surface area contributed by atoms with Crippen molar-refractivity contribution in [3.05, 3.63) is 0 Å². The number of rotatable bonds is 4. The van der Waals surface area contributed by atoms with Crippen molar-refractivity contribution in [1.29, 1.82) is 5.26 Å². The Kier molecular flexibility index (Phi) is 5.46. The van der Waals surface area contributed by atoms with Crippen molar-refractivity contribution < 1.29 is 0 Å². The van der Waals surface area contributed by atoms with Crippen LogP contribution in [0, 0.1) is 23.2 Å². The molecule has 3 atom stereocenters. The Bertz CT molecular complexity index is 284. The summed E-state index contributed by atoms with van der Waals surface area (Å²) >= 11 is 0. The van der Waals surface area contributed by atoms with Crippen molar-refractivity contribution in [2.75, 3.05) is 26.2 Å². The number of nitrogens with one attached hydrogen (secondary N) is 1. The second kappa shape index (κ2) is 7.11. The predicted molar refractivity (Wildman–Crippen MR) is 74.2 cm³/mol. The van der Waals surface area contributed by atoms with Crippen LogP contribution in [0.15, 0.2) is 0 Å². The van der Waals surface area contributed by atoms with Gasteiger partial charge in [-0.3, -0.25) is 0 Å². The van der Waals surface area contributed by atoms with Crippen molar-refractivity contribution in [3.8, 4) is 6.07 Å². The maximum atomic E-state index is 9.26. The smallest absolute Gasteiger partial charge is 0.0672 e. The fourth-order valence-electron chi connectivity index (χ4n) is 3.39. The summed E-state index contributed by atoms with van der Waals surface area (Å²) in [4.78, 5) is 2.53. The summed E-state index contributed by atoms with van der Waals surface area (Å²) in [6.07, 6.45) is 7.46. The number of nitrogens with zero attached hydrogens (tertiary/aromatic N) is 2. The molecule has 0 aromatic heterocycles. The van der Waals surface area contributed by atoms with Crippen LogP contribution in [-0.4, -0.2) is 37.1 Å². The minimum atomic E-state index is 0.246. The largest absolute Gasteiger partial charge is 0.312 e. The lowest BCUT2D eigenvalue weighted by Gasteiger charge is -2.23. The second-order valence-corrected chi connectivity index (χ2v) is 5.94. The Hall–Kier alpha value is -0.590. The maximum Gasteiger partial charge on any atom is 0.0672 e. The van der Waals surface area contributed by atoms with Crippen LogP contribution in [0.5, 0.6) is 0 Å².